The number of rotatable bonds is 7. The standard InChI is InChI=1S/C34H36N4O3/c1-2-28(24-11-5-3-6-12-24)36-31(39)30-26-15-9-10-16-27(26)32(40)38(25-13-7-4-8-14-25)29(30)23-37-21-18-34(19-22-37)17-20-35-33(34)41/h3-16,28H,2,17-23H2,1H3,(H,35,41)(H,36,39)/t28-/m0/s1. The van der Waals surface area contributed by atoms with Crippen molar-refractivity contribution in [2.45, 2.75) is 45.2 Å². The third-order valence-corrected chi connectivity index (χ3v) is 8.90. The van der Waals surface area contributed by atoms with Crippen molar-refractivity contribution in [1.82, 2.24) is 20.1 Å². The molecule has 3 heterocycles. The predicted octanol–water partition coefficient (Wildman–Crippen LogP) is 4.97. The van der Waals surface area contributed by atoms with Crippen LogP contribution in [0.25, 0.3) is 16.5 Å². The molecule has 1 spiro atoms. The summed E-state index contributed by atoms with van der Waals surface area (Å²) < 4.78 is 1.72. The molecule has 2 fully saturated rings. The third kappa shape index (κ3) is 5.06. The first-order valence-electron chi connectivity index (χ1n) is 14.6. The zero-order chi connectivity index (χ0) is 28.4. The SMILES string of the molecule is CC[C@H](NC(=O)c1c(CN2CCC3(CCNC3=O)CC2)n(-c2ccccc2)c(=O)c2ccccc12)c1ccccc1. The predicted molar refractivity (Wildman–Crippen MR) is 161 cm³/mol. The number of hydrogen-bond acceptors (Lipinski definition) is 4. The molecule has 7 nitrogen and oxygen atoms in total. The van der Waals surface area contributed by atoms with E-state index in [4.69, 9.17) is 0 Å². The minimum atomic E-state index is -0.288. The van der Waals surface area contributed by atoms with E-state index in [0.29, 0.717) is 28.6 Å². The van der Waals surface area contributed by atoms with Crippen LogP contribution in [0.5, 0.6) is 0 Å². The van der Waals surface area contributed by atoms with Crippen LogP contribution in [0.2, 0.25) is 0 Å². The highest BCUT2D eigenvalue weighted by Gasteiger charge is 2.44. The van der Waals surface area contributed by atoms with Gasteiger partial charge in [-0.15, -0.1) is 0 Å². The molecule has 41 heavy (non-hydrogen) atoms. The van der Waals surface area contributed by atoms with Gasteiger partial charge in [0.1, 0.15) is 0 Å². The smallest absolute Gasteiger partial charge is 0.263 e. The maximum atomic E-state index is 14.3. The van der Waals surface area contributed by atoms with Gasteiger partial charge in [-0.25, -0.2) is 0 Å². The Morgan fingerprint density at radius 1 is 0.878 bits per heavy atom. The van der Waals surface area contributed by atoms with Crippen molar-refractivity contribution in [3.63, 3.8) is 0 Å². The lowest BCUT2D eigenvalue weighted by Gasteiger charge is -2.38. The van der Waals surface area contributed by atoms with E-state index < -0.39 is 0 Å². The first-order valence-corrected chi connectivity index (χ1v) is 14.6. The van der Waals surface area contributed by atoms with Gasteiger partial charge in [-0.1, -0.05) is 73.7 Å². The maximum Gasteiger partial charge on any atom is 0.263 e. The molecule has 0 saturated carbocycles. The fraction of sp³-hybridized carbons (Fsp3) is 0.324. The highest BCUT2D eigenvalue weighted by Crippen LogP contribution is 2.38. The summed E-state index contributed by atoms with van der Waals surface area (Å²) in [5.74, 6) is -0.0316. The zero-order valence-corrected chi connectivity index (χ0v) is 23.4. The summed E-state index contributed by atoms with van der Waals surface area (Å²) in [6, 6.07) is 26.8. The summed E-state index contributed by atoms with van der Waals surface area (Å²) in [5.41, 5.74) is 2.54. The molecule has 2 N–H and O–H groups in total. The molecule has 0 bridgehead atoms. The van der Waals surface area contributed by atoms with E-state index in [-0.39, 0.29) is 28.8 Å². The lowest BCUT2D eigenvalue weighted by atomic mass is 9.77. The second kappa shape index (κ2) is 11.3. The topological polar surface area (TPSA) is 83.4 Å². The molecule has 1 atom stereocenters. The van der Waals surface area contributed by atoms with Crippen LogP contribution in [0, 0.1) is 5.41 Å². The van der Waals surface area contributed by atoms with Crippen molar-refractivity contribution >= 4 is 22.6 Å². The van der Waals surface area contributed by atoms with Crippen molar-refractivity contribution in [2.24, 2.45) is 5.41 Å². The minimum Gasteiger partial charge on any atom is -0.356 e. The Labute approximate surface area is 240 Å². The van der Waals surface area contributed by atoms with E-state index in [1.807, 2.05) is 78.9 Å². The molecule has 0 radical (unpaired) electrons. The number of carbonyl (C=O) groups is 2. The normalized spacial score (nSPS) is 17.4. The molecule has 0 aliphatic carbocycles. The van der Waals surface area contributed by atoms with Crippen LogP contribution in [-0.4, -0.2) is 40.9 Å². The number of para-hydroxylation sites is 1. The van der Waals surface area contributed by atoms with Gasteiger partial charge in [0.05, 0.1) is 22.7 Å². The Kier molecular flexibility index (Phi) is 7.45. The van der Waals surface area contributed by atoms with Crippen molar-refractivity contribution in [3.8, 4) is 5.69 Å². The molecule has 2 saturated heterocycles. The Hall–Kier alpha value is -4.23. The summed E-state index contributed by atoms with van der Waals surface area (Å²) in [6.07, 6.45) is 3.15. The van der Waals surface area contributed by atoms with Crippen molar-refractivity contribution < 1.29 is 9.59 Å². The Bertz CT molecular complexity index is 1620. The Balaban J connectivity index is 1.46. The largest absolute Gasteiger partial charge is 0.356 e. The molecule has 6 rings (SSSR count). The van der Waals surface area contributed by atoms with Gasteiger partial charge in [0.25, 0.3) is 11.5 Å². The number of likely N-dealkylation sites (tertiary alicyclic amines) is 1. The molecular weight excluding hydrogens is 512 g/mol. The molecule has 2 aliphatic heterocycles. The van der Waals surface area contributed by atoms with Crippen molar-refractivity contribution in [1.29, 1.82) is 0 Å². The number of pyridine rings is 1. The fourth-order valence-corrected chi connectivity index (χ4v) is 6.53. The van der Waals surface area contributed by atoms with Crippen LogP contribution in [0.4, 0.5) is 0 Å². The molecule has 2 amide bonds. The van der Waals surface area contributed by atoms with Gasteiger partial charge in [0, 0.05) is 29.5 Å². The van der Waals surface area contributed by atoms with E-state index in [1.165, 1.54) is 0 Å². The van der Waals surface area contributed by atoms with E-state index >= 15 is 0 Å². The number of nitrogens with one attached hydrogen (secondary N) is 2. The number of fused-ring (bicyclic) bond motifs is 1. The van der Waals surface area contributed by atoms with Crippen LogP contribution < -0.4 is 16.2 Å². The minimum absolute atomic E-state index is 0.142. The molecule has 1 aromatic heterocycles. The monoisotopic (exact) mass is 548 g/mol. The Morgan fingerprint density at radius 2 is 1.51 bits per heavy atom. The van der Waals surface area contributed by atoms with Gasteiger partial charge in [0.2, 0.25) is 5.91 Å². The Morgan fingerprint density at radius 3 is 2.15 bits per heavy atom. The second-order valence-corrected chi connectivity index (χ2v) is 11.3. The average Bonchev–Trinajstić information content (AvgIpc) is 3.37. The lowest BCUT2D eigenvalue weighted by Crippen LogP contribution is -2.44. The molecule has 2 aliphatic rings. The molecule has 7 heteroatoms. The zero-order valence-electron chi connectivity index (χ0n) is 23.4. The van der Waals surface area contributed by atoms with E-state index in [2.05, 4.69) is 22.5 Å². The van der Waals surface area contributed by atoms with Gasteiger partial charge in [-0.2, -0.15) is 0 Å². The highest BCUT2D eigenvalue weighted by atomic mass is 16.2. The van der Waals surface area contributed by atoms with Crippen LogP contribution in [0.1, 0.15) is 60.3 Å². The van der Waals surface area contributed by atoms with Gasteiger partial charge < -0.3 is 10.6 Å². The van der Waals surface area contributed by atoms with Gasteiger partial charge in [-0.05, 0) is 62.5 Å². The van der Waals surface area contributed by atoms with Gasteiger partial charge in [-0.3, -0.25) is 23.9 Å². The van der Waals surface area contributed by atoms with Crippen LogP contribution in [0.15, 0.2) is 89.7 Å². The number of benzene rings is 3. The second-order valence-electron chi connectivity index (χ2n) is 11.3. The van der Waals surface area contributed by atoms with E-state index in [9.17, 15) is 14.4 Å². The van der Waals surface area contributed by atoms with Crippen LogP contribution in [-0.2, 0) is 11.3 Å². The number of amides is 2. The molecule has 4 aromatic rings. The third-order valence-electron chi connectivity index (χ3n) is 8.90. The number of hydrogen-bond donors (Lipinski definition) is 2. The number of nitrogens with zero attached hydrogens (tertiary/aromatic N) is 2. The lowest BCUT2D eigenvalue weighted by molar-refractivity contribution is -0.130. The summed E-state index contributed by atoms with van der Waals surface area (Å²) in [5, 5.41) is 7.46. The number of aromatic nitrogens is 1. The molecular formula is C34H36N4O3. The van der Waals surface area contributed by atoms with Gasteiger partial charge >= 0.3 is 0 Å². The number of piperidine rings is 1. The fourth-order valence-electron chi connectivity index (χ4n) is 6.53. The van der Waals surface area contributed by atoms with E-state index in [0.717, 1.165) is 56.6 Å². The quantitative estimate of drug-likeness (QED) is 0.342. The number of carbonyl (C=O) groups excluding carboxylic acids is 2. The molecule has 3 aromatic carbocycles. The summed E-state index contributed by atoms with van der Waals surface area (Å²) in [7, 11) is 0. The first-order chi connectivity index (χ1) is 20.0. The maximum absolute atomic E-state index is 14.3. The summed E-state index contributed by atoms with van der Waals surface area (Å²) in [6.45, 7) is 4.68. The molecule has 0 unspecified atom stereocenters. The molecule has 210 valence electrons. The first kappa shape index (κ1) is 27.0. The van der Waals surface area contributed by atoms with E-state index in [1.54, 1.807) is 10.6 Å². The van der Waals surface area contributed by atoms with Gasteiger partial charge in [0.15, 0.2) is 0 Å². The van der Waals surface area contributed by atoms with Crippen molar-refractivity contribution in [2.75, 3.05) is 19.6 Å². The summed E-state index contributed by atoms with van der Waals surface area (Å²) in [4.78, 5) is 43.3. The van der Waals surface area contributed by atoms with Crippen LogP contribution >= 0.6 is 0 Å². The van der Waals surface area contributed by atoms with Crippen LogP contribution in [0.3, 0.4) is 0 Å². The highest BCUT2D eigenvalue weighted by molar-refractivity contribution is 6.08. The average molecular weight is 549 g/mol. The summed E-state index contributed by atoms with van der Waals surface area (Å²) >= 11 is 0. The van der Waals surface area contributed by atoms with Crippen molar-refractivity contribution in [3.05, 3.63) is 112 Å².